The molecule has 1 aromatic rings. The maximum Gasteiger partial charge on any atom is 0.311 e. The van der Waals surface area contributed by atoms with Gasteiger partial charge < -0.3 is 9.64 Å². The van der Waals surface area contributed by atoms with Gasteiger partial charge in [-0.05, 0) is 25.5 Å². The molecule has 0 bridgehead atoms. The predicted molar refractivity (Wildman–Crippen MR) is 75.8 cm³/mol. The fourth-order valence-electron chi connectivity index (χ4n) is 1.75. The molecule has 0 spiro atoms. The van der Waals surface area contributed by atoms with E-state index in [-0.39, 0.29) is 23.8 Å². The Labute approximate surface area is 122 Å². The van der Waals surface area contributed by atoms with Crippen LogP contribution >= 0.6 is 0 Å². The number of carbonyl (C=O) groups is 1. The SMILES string of the molecule is Cc1ccc(O[C@H](C)C(=O)N(C)CCC#N)c([N+](=O)[O-])c1. The maximum absolute atomic E-state index is 12.0. The van der Waals surface area contributed by atoms with E-state index in [4.69, 9.17) is 10.00 Å². The molecule has 1 aromatic carbocycles. The van der Waals surface area contributed by atoms with Crippen molar-refractivity contribution in [3.8, 4) is 11.8 Å². The second kappa shape index (κ2) is 7.24. The van der Waals surface area contributed by atoms with E-state index in [9.17, 15) is 14.9 Å². The number of ether oxygens (including phenoxy) is 1. The van der Waals surface area contributed by atoms with E-state index in [0.29, 0.717) is 6.54 Å². The highest BCUT2D eigenvalue weighted by Crippen LogP contribution is 2.28. The summed E-state index contributed by atoms with van der Waals surface area (Å²) in [5, 5.41) is 19.5. The number of hydrogen-bond donors (Lipinski definition) is 0. The molecule has 0 N–H and O–H groups in total. The Morgan fingerprint density at radius 3 is 2.81 bits per heavy atom. The summed E-state index contributed by atoms with van der Waals surface area (Å²) in [6.45, 7) is 3.55. The summed E-state index contributed by atoms with van der Waals surface area (Å²) in [6, 6.07) is 6.50. The first-order valence-corrected chi connectivity index (χ1v) is 6.40. The fourth-order valence-corrected chi connectivity index (χ4v) is 1.75. The summed E-state index contributed by atoms with van der Waals surface area (Å²) < 4.78 is 5.41. The zero-order valence-corrected chi connectivity index (χ0v) is 12.2. The number of rotatable bonds is 6. The number of nitro benzene ring substituents is 1. The van der Waals surface area contributed by atoms with Gasteiger partial charge in [-0.2, -0.15) is 5.26 Å². The van der Waals surface area contributed by atoms with Crippen LogP contribution in [0.4, 0.5) is 5.69 Å². The Morgan fingerprint density at radius 2 is 2.24 bits per heavy atom. The molecule has 1 atom stereocenters. The number of aryl methyl sites for hydroxylation is 1. The molecule has 0 saturated heterocycles. The Morgan fingerprint density at radius 1 is 1.57 bits per heavy atom. The van der Waals surface area contributed by atoms with Crippen molar-refractivity contribution in [2.75, 3.05) is 13.6 Å². The molecule has 0 aliphatic heterocycles. The monoisotopic (exact) mass is 291 g/mol. The quantitative estimate of drug-likeness (QED) is 0.590. The van der Waals surface area contributed by atoms with Crippen LogP contribution in [0.1, 0.15) is 18.9 Å². The minimum absolute atomic E-state index is 0.0557. The van der Waals surface area contributed by atoms with Crippen molar-refractivity contribution in [1.29, 1.82) is 5.26 Å². The lowest BCUT2D eigenvalue weighted by Gasteiger charge is -2.21. The Kier molecular flexibility index (Phi) is 5.67. The van der Waals surface area contributed by atoms with Crippen LogP contribution in [0.5, 0.6) is 5.75 Å². The molecule has 0 fully saturated rings. The van der Waals surface area contributed by atoms with Gasteiger partial charge in [0, 0.05) is 19.7 Å². The molecule has 112 valence electrons. The molecule has 21 heavy (non-hydrogen) atoms. The average Bonchev–Trinajstić information content (AvgIpc) is 2.45. The largest absolute Gasteiger partial charge is 0.474 e. The van der Waals surface area contributed by atoms with Gasteiger partial charge in [0.1, 0.15) is 0 Å². The number of carbonyl (C=O) groups excluding carboxylic acids is 1. The topological polar surface area (TPSA) is 96.5 Å². The number of nitriles is 1. The van der Waals surface area contributed by atoms with Crippen LogP contribution in [0.15, 0.2) is 18.2 Å². The van der Waals surface area contributed by atoms with E-state index < -0.39 is 11.0 Å². The normalized spacial score (nSPS) is 11.3. The number of benzene rings is 1. The predicted octanol–water partition coefficient (Wildman–Crippen LogP) is 2.04. The highest BCUT2D eigenvalue weighted by Gasteiger charge is 2.23. The number of amides is 1. The van der Waals surface area contributed by atoms with Gasteiger partial charge in [0.25, 0.3) is 5.91 Å². The second-order valence-electron chi connectivity index (χ2n) is 4.66. The smallest absolute Gasteiger partial charge is 0.311 e. The summed E-state index contributed by atoms with van der Waals surface area (Å²) in [6.07, 6.45) is -0.644. The molecule has 7 heteroatoms. The lowest BCUT2D eigenvalue weighted by molar-refractivity contribution is -0.386. The minimum Gasteiger partial charge on any atom is -0.474 e. The van der Waals surface area contributed by atoms with E-state index in [0.717, 1.165) is 5.56 Å². The highest BCUT2D eigenvalue weighted by atomic mass is 16.6. The van der Waals surface area contributed by atoms with Crippen molar-refractivity contribution in [2.24, 2.45) is 0 Å². The third-order valence-electron chi connectivity index (χ3n) is 2.90. The first-order valence-electron chi connectivity index (χ1n) is 6.40. The first kappa shape index (κ1) is 16.4. The molecule has 7 nitrogen and oxygen atoms in total. The summed E-state index contributed by atoms with van der Waals surface area (Å²) in [5.41, 5.74) is 0.563. The lowest BCUT2D eigenvalue weighted by Crippen LogP contribution is -2.38. The van der Waals surface area contributed by atoms with Gasteiger partial charge in [0.2, 0.25) is 0 Å². The number of likely N-dealkylation sites (N-methyl/N-ethyl adjacent to an activating group) is 1. The van der Waals surface area contributed by atoms with Crippen molar-refractivity contribution in [3.05, 3.63) is 33.9 Å². The molecule has 0 saturated carbocycles. The van der Waals surface area contributed by atoms with Crippen LogP contribution < -0.4 is 4.74 Å². The van der Waals surface area contributed by atoms with E-state index in [1.54, 1.807) is 20.0 Å². The van der Waals surface area contributed by atoms with Crippen molar-refractivity contribution in [3.63, 3.8) is 0 Å². The Bertz CT molecular complexity index is 580. The summed E-state index contributed by atoms with van der Waals surface area (Å²) >= 11 is 0. The molecule has 1 rings (SSSR count). The summed E-state index contributed by atoms with van der Waals surface area (Å²) in [5.74, 6) is -0.278. The number of nitrogens with zero attached hydrogens (tertiary/aromatic N) is 3. The van der Waals surface area contributed by atoms with E-state index in [2.05, 4.69) is 0 Å². The molecule has 0 unspecified atom stereocenters. The molecular formula is C14H17N3O4. The van der Waals surface area contributed by atoms with E-state index in [1.807, 2.05) is 6.07 Å². The van der Waals surface area contributed by atoms with Gasteiger partial charge in [-0.1, -0.05) is 6.07 Å². The van der Waals surface area contributed by atoms with Crippen molar-refractivity contribution in [1.82, 2.24) is 4.90 Å². The van der Waals surface area contributed by atoms with Gasteiger partial charge in [-0.15, -0.1) is 0 Å². The summed E-state index contributed by atoms with van der Waals surface area (Å²) in [7, 11) is 1.56. The van der Waals surface area contributed by atoms with Gasteiger partial charge in [0.05, 0.1) is 17.4 Å². The molecule has 0 aromatic heterocycles. The van der Waals surface area contributed by atoms with Crippen LogP contribution in [-0.4, -0.2) is 35.4 Å². The zero-order chi connectivity index (χ0) is 16.0. The third kappa shape index (κ3) is 4.45. The number of hydrogen-bond acceptors (Lipinski definition) is 5. The van der Waals surface area contributed by atoms with Crippen LogP contribution in [0, 0.1) is 28.4 Å². The second-order valence-corrected chi connectivity index (χ2v) is 4.66. The van der Waals surface area contributed by atoms with Gasteiger partial charge in [-0.25, -0.2) is 0 Å². The average molecular weight is 291 g/mol. The van der Waals surface area contributed by atoms with Gasteiger partial charge in [0.15, 0.2) is 11.9 Å². The standard InChI is InChI=1S/C14H17N3O4/c1-10-5-6-13(12(9-10)17(19)20)21-11(2)14(18)16(3)8-4-7-15/h5-6,9,11H,4,8H2,1-3H3/t11-/m1/s1. The fraction of sp³-hybridized carbons (Fsp3) is 0.429. The highest BCUT2D eigenvalue weighted by molar-refractivity contribution is 5.80. The van der Waals surface area contributed by atoms with E-state index in [1.165, 1.54) is 24.0 Å². The Balaban J connectivity index is 2.84. The molecule has 0 heterocycles. The molecule has 0 aliphatic carbocycles. The van der Waals surface area contributed by atoms with Crippen LogP contribution in [0.2, 0.25) is 0 Å². The van der Waals surface area contributed by atoms with Crippen LogP contribution in [0.25, 0.3) is 0 Å². The van der Waals surface area contributed by atoms with Crippen molar-refractivity contribution >= 4 is 11.6 Å². The maximum atomic E-state index is 12.0. The Hall–Kier alpha value is -2.62. The lowest BCUT2D eigenvalue weighted by atomic mass is 10.2. The first-order chi connectivity index (χ1) is 9.86. The minimum atomic E-state index is -0.866. The van der Waals surface area contributed by atoms with Crippen LogP contribution in [-0.2, 0) is 4.79 Å². The van der Waals surface area contributed by atoms with Gasteiger partial charge >= 0.3 is 5.69 Å². The van der Waals surface area contributed by atoms with E-state index >= 15 is 0 Å². The van der Waals surface area contributed by atoms with Crippen molar-refractivity contribution < 1.29 is 14.5 Å². The third-order valence-corrected chi connectivity index (χ3v) is 2.90. The molecule has 1 amide bonds. The zero-order valence-electron chi connectivity index (χ0n) is 12.2. The molecule has 0 radical (unpaired) electrons. The van der Waals surface area contributed by atoms with Crippen LogP contribution in [0.3, 0.4) is 0 Å². The summed E-state index contributed by atoms with van der Waals surface area (Å²) in [4.78, 5) is 23.8. The molecular weight excluding hydrogens is 274 g/mol. The number of nitro groups is 1. The van der Waals surface area contributed by atoms with Gasteiger partial charge in [-0.3, -0.25) is 14.9 Å². The molecule has 0 aliphatic rings. The van der Waals surface area contributed by atoms with Crippen molar-refractivity contribution in [2.45, 2.75) is 26.4 Å².